The van der Waals surface area contributed by atoms with Crippen LogP contribution in [0.4, 0.5) is 11.4 Å². The molecule has 0 saturated carbocycles. The highest BCUT2D eigenvalue weighted by molar-refractivity contribution is 6.33. The molecule has 7 nitrogen and oxygen atoms in total. The number of nitrogens with zero attached hydrogens (tertiary/aromatic N) is 1. The normalized spacial score (nSPS) is 16.1. The van der Waals surface area contributed by atoms with Crippen LogP contribution in [0.2, 0.25) is 5.02 Å². The maximum atomic E-state index is 11.8. The highest BCUT2D eigenvalue weighted by Crippen LogP contribution is 2.30. The molecule has 114 valence electrons. The van der Waals surface area contributed by atoms with Crippen LogP contribution >= 0.6 is 11.6 Å². The summed E-state index contributed by atoms with van der Waals surface area (Å²) in [5, 5.41) is 16.5. The molecule has 0 bridgehead atoms. The first-order valence-corrected chi connectivity index (χ1v) is 6.78. The van der Waals surface area contributed by atoms with Gasteiger partial charge in [0.15, 0.2) is 0 Å². The van der Waals surface area contributed by atoms with Crippen molar-refractivity contribution in [1.82, 2.24) is 5.32 Å². The molecule has 0 aliphatic carbocycles. The van der Waals surface area contributed by atoms with E-state index in [-0.39, 0.29) is 28.8 Å². The lowest BCUT2D eigenvalue weighted by molar-refractivity contribution is -0.384. The number of carbonyl (C=O) groups is 1. The van der Waals surface area contributed by atoms with Gasteiger partial charge in [-0.2, -0.15) is 0 Å². The van der Waals surface area contributed by atoms with Crippen LogP contribution < -0.4 is 10.6 Å². The third kappa shape index (κ3) is 3.69. The lowest BCUT2D eigenvalue weighted by Gasteiger charge is -2.38. The number of nitro benzene ring substituents is 1. The van der Waals surface area contributed by atoms with E-state index in [0.29, 0.717) is 24.3 Å². The van der Waals surface area contributed by atoms with Crippen LogP contribution in [-0.2, 0) is 9.53 Å². The van der Waals surface area contributed by atoms with Crippen LogP contribution in [0.5, 0.6) is 0 Å². The van der Waals surface area contributed by atoms with Gasteiger partial charge in [0.1, 0.15) is 11.6 Å². The van der Waals surface area contributed by atoms with E-state index >= 15 is 0 Å². The minimum Gasteiger partial charge on any atom is -0.363 e. The molecule has 0 aromatic heterocycles. The number of carbonyl (C=O) groups excluding carboxylic acids is 1. The molecule has 0 radical (unpaired) electrons. The van der Waals surface area contributed by atoms with Crippen molar-refractivity contribution in [1.29, 1.82) is 0 Å². The van der Waals surface area contributed by atoms with Crippen LogP contribution in [0.3, 0.4) is 0 Å². The summed E-state index contributed by atoms with van der Waals surface area (Å²) in [5.74, 6) is -0.323. The number of benzene rings is 1. The van der Waals surface area contributed by atoms with E-state index in [1.54, 1.807) is 6.92 Å². The average Bonchev–Trinajstić information content (AvgIpc) is 2.37. The van der Waals surface area contributed by atoms with E-state index in [9.17, 15) is 14.9 Å². The standard InChI is InChI=1S/C13H16ClN3O4/c1-8-3-11(17(19)20)9(14)4-10(8)16-12(18)5-21-13(2)6-15-7-13/h3-4,15H,5-7H2,1-2H3,(H,16,18). The van der Waals surface area contributed by atoms with Gasteiger partial charge in [0.25, 0.3) is 5.69 Å². The SMILES string of the molecule is Cc1cc([N+](=O)[O-])c(Cl)cc1NC(=O)COC1(C)CNC1. The fourth-order valence-corrected chi connectivity index (χ4v) is 2.18. The van der Waals surface area contributed by atoms with Gasteiger partial charge >= 0.3 is 0 Å². The summed E-state index contributed by atoms with van der Waals surface area (Å²) in [5.41, 5.74) is 0.517. The molecule has 1 heterocycles. The van der Waals surface area contributed by atoms with Crippen molar-refractivity contribution in [2.24, 2.45) is 0 Å². The molecule has 2 rings (SSSR count). The molecule has 2 N–H and O–H groups in total. The number of nitrogens with one attached hydrogen (secondary N) is 2. The van der Waals surface area contributed by atoms with E-state index in [1.807, 2.05) is 6.92 Å². The van der Waals surface area contributed by atoms with E-state index in [4.69, 9.17) is 16.3 Å². The van der Waals surface area contributed by atoms with Crippen molar-refractivity contribution >= 4 is 28.9 Å². The van der Waals surface area contributed by atoms with Gasteiger partial charge in [-0.3, -0.25) is 14.9 Å². The number of amides is 1. The van der Waals surface area contributed by atoms with Crippen LogP contribution in [0.15, 0.2) is 12.1 Å². The molecule has 0 atom stereocenters. The van der Waals surface area contributed by atoms with Crippen molar-refractivity contribution < 1.29 is 14.5 Å². The molecule has 1 aliphatic heterocycles. The third-order valence-corrected chi connectivity index (χ3v) is 3.62. The summed E-state index contributed by atoms with van der Waals surface area (Å²) in [7, 11) is 0. The van der Waals surface area contributed by atoms with Gasteiger partial charge in [-0.25, -0.2) is 0 Å². The summed E-state index contributed by atoms with van der Waals surface area (Å²) >= 11 is 5.83. The van der Waals surface area contributed by atoms with Crippen LogP contribution in [0.25, 0.3) is 0 Å². The number of aryl methyl sites for hydroxylation is 1. The zero-order valence-electron chi connectivity index (χ0n) is 11.7. The van der Waals surface area contributed by atoms with Crippen molar-refractivity contribution in [3.8, 4) is 0 Å². The molecule has 1 aromatic rings. The minimum atomic E-state index is -0.561. The highest BCUT2D eigenvalue weighted by Gasteiger charge is 2.33. The number of hydrogen-bond acceptors (Lipinski definition) is 5. The van der Waals surface area contributed by atoms with Gasteiger partial charge in [-0.05, 0) is 25.5 Å². The molecule has 0 spiro atoms. The maximum Gasteiger partial charge on any atom is 0.288 e. The van der Waals surface area contributed by atoms with Gasteiger partial charge in [0.05, 0.1) is 10.5 Å². The Bertz CT molecular complexity index is 587. The van der Waals surface area contributed by atoms with Crippen molar-refractivity contribution in [3.63, 3.8) is 0 Å². The molecular weight excluding hydrogens is 298 g/mol. The van der Waals surface area contributed by atoms with Crippen LogP contribution in [0.1, 0.15) is 12.5 Å². The van der Waals surface area contributed by atoms with E-state index in [1.165, 1.54) is 12.1 Å². The first-order chi connectivity index (χ1) is 9.81. The smallest absolute Gasteiger partial charge is 0.288 e. The zero-order valence-corrected chi connectivity index (χ0v) is 12.5. The molecule has 1 amide bonds. The Balaban J connectivity index is 2.00. The fraction of sp³-hybridized carbons (Fsp3) is 0.462. The van der Waals surface area contributed by atoms with Gasteiger partial charge in [0.2, 0.25) is 5.91 Å². The summed E-state index contributed by atoms with van der Waals surface area (Å²) in [4.78, 5) is 22.1. The van der Waals surface area contributed by atoms with Crippen molar-refractivity contribution in [2.45, 2.75) is 19.4 Å². The topological polar surface area (TPSA) is 93.5 Å². The van der Waals surface area contributed by atoms with Crippen LogP contribution in [-0.4, -0.2) is 36.1 Å². The summed E-state index contributed by atoms with van der Waals surface area (Å²) in [6, 6.07) is 2.70. The Morgan fingerprint density at radius 1 is 1.57 bits per heavy atom. The molecular formula is C13H16ClN3O4. The zero-order chi connectivity index (χ0) is 15.6. The Hall–Kier alpha value is -1.70. The predicted molar refractivity (Wildman–Crippen MR) is 78.7 cm³/mol. The van der Waals surface area contributed by atoms with E-state index in [0.717, 1.165) is 0 Å². The monoisotopic (exact) mass is 313 g/mol. The number of nitro groups is 1. The van der Waals surface area contributed by atoms with Crippen molar-refractivity contribution in [3.05, 3.63) is 32.8 Å². The predicted octanol–water partition coefficient (Wildman–Crippen LogP) is 1.87. The molecule has 0 unspecified atom stereocenters. The fourth-order valence-electron chi connectivity index (χ4n) is 1.95. The lowest BCUT2D eigenvalue weighted by atomic mass is 10.0. The lowest BCUT2D eigenvalue weighted by Crippen LogP contribution is -2.59. The summed E-state index contributed by atoms with van der Waals surface area (Å²) < 4.78 is 5.52. The molecule has 1 aliphatic rings. The quantitative estimate of drug-likeness (QED) is 0.639. The van der Waals surface area contributed by atoms with Crippen LogP contribution in [0, 0.1) is 17.0 Å². The third-order valence-electron chi connectivity index (χ3n) is 3.31. The van der Waals surface area contributed by atoms with Gasteiger partial charge in [-0.15, -0.1) is 0 Å². The minimum absolute atomic E-state index is 0.0167. The summed E-state index contributed by atoms with van der Waals surface area (Å²) in [6.45, 7) is 4.93. The number of ether oxygens (including phenoxy) is 1. The molecule has 8 heteroatoms. The highest BCUT2D eigenvalue weighted by atomic mass is 35.5. The van der Waals surface area contributed by atoms with Gasteiger partial charge in [-0.1, -0.05) is 11.6 Å². The Kier molecular flexibility index (Phi) is 4.46. The Morgan fingerprint density at radius 2 is 2.24 bits per heavy atom. The second kappa shape index (κ2) is 5.97. The second-order valence-corrected chi connectivity index (χ2v) is 5.67. The van der Waals surface area contributed by atoms with Crippen molar-refractivity contribution in [2.75, 3.05) is 25.0 Å². The number of anilines is 1. The van der Waals surface area contributed by atoms with E-state index in [2.05, 4.69) is 10.6 Å². The average molecular weight is 314 g/mol. The number of rotatable bonds is 5. The largest absolute Gasteiger partial charge is 0.363 e. The Morgan fingerprint density at radius 3 is 2.76 bits per heavy atom. The number of halogens is 1. The van der Waals surface area contributed by atoms with Gasteiger partial charge < -0.3 is 15.4 Å². The molecule has 1 aromatic carbocycles. The van der Waals surface area contributed by atoms with Gasteiger partial charge in [0, 0.05) is 24.8 Å². The molecule has 1 fully saturated rings. The Labute approximate surface area is 126 Å². The maximum absolute atomic E-state index is 11.8. The first-order valence-electron chi connectivity index (χ1n) is 6.40. The molecule has 1 saturated heterocycles. The molecule has 21 heavy (non-hydrogen) atoms. The van der Waals surface area contributed by atoms with E-state index < -0.39 is 4.92 Å². The number of hydrogen-bond donors (Lipinski definition) is 2. The first kappa shape index (κ1) is 15.7. The second-order valence-electron chi connectivity index (χ2n) is 5.27. The summed E-state index contributed by atoms with van der Waals surface area (Å²) in [6.07, 6.45) is 0.